The Morgan fingerprint density at radius 3 is 2.54 bits per heavy atom. The maximum absolute atomic E-state index is 10.9. The average molecular weight is 188 g/mol. The zero-order valence-electron chi connectivity index (χ0n) is 7.61. The Morgan fingerprint density at radius 2 is 2.08 bits per heavy atom. The molecule has 13 heavy (non-hydrogen) atoms. The predicted octanol–water partition coefficient (Wildman–Crippen LogP) is -0.275. The van der Waals surface area contributed by atoms with Crippen molar-refractivity contribution in [3.05, 3.63) is 0 Å². The SMILES string of the molecule is O=CC1(CC(O)CO)CCOCC1. The Kier molecular flexibility index (Phi) is 3.84. The second-order valence-electron chi connectivity index (χ2n) is 3.63. The molecule has 0 aromatic rings. The molecule has 1 atom stereocenters. The van der Waals surface area contributed by atoms with E-state index in [2.05, 4.69) is 0 Å². The number of hydrogen-bond acceptors (Lipinski definition) is 4. The molecule has 0 aromatic carbocycles. The third-order valence-electron chi connectivity index (χ3n) is 2.59. The van der Waals surface area contributed by atoms with E-state index in [9.17, 15) is 9.90 Å². The van der Waals surface area contributed by atoms with Crippen LogP contribution < -0.4 is 0 Å². The number of ether oxygens (including phenoxy) is 1. The van der Waals surface area contributed by atoms with Gasteiger partial charge in [-0.2, -0.15) is 0 Å². The van der Waals surface area contributed by atoms with Crippen LogP contribution in [0.25, 0.3) is 0 Å². The van der Waals surface area contributed by atoms with E-state index in [4.69, 9.17) is 9.84 Å². The highest BCUT2D eigenvalue weighted by molar-refractivity contribution is 5.59. The molecule has 1 rings (SSSR count). The summed E-state index contributed by atoms with van der Waals surface area (Å²) < 4.78 is 5.14. The first-order valence-corrected chi connectivity index (χ1v) is 4.55. The van der Waals surface area contributed by atoms with Gasteiger partial charge in [-0.1, -0.05) is 0 Å². The third kappa shape index (κ3) is 2.76. The van der Waals surface area contributed by atoms with Crippen molar-refractivity contribution in [3.8, 4) is 0 Å². The molecular formula is C9H16O4. The minimum absolute atomic E-state index is 0.281. The van der Waals surface area contributed by atoms with Crippen molar-refractivity contribution >= 4 is 6.29 Å². The molecule has 0 radical (unpaired) electrons. The van der Waals surface area contributed by atoms with E-state index in [1.54, 1.807) is 0 Å². The van der Waals surface area contributed by atoms with Crippen LogP contribution in [0.2, 0.25) is 0 Å². The molecule has 1 fully saturated rings. The summed E-state index contributed by atoms with van der Waals surface area (Å²) in [5, 5.41) is 17.9. The molecule has 0 aliphatic carbocycles. The van der Waals surface area contributed by atoms with Crippen molar-refractivity contribution in [2.75, 3.05) is 19.8 Å². The molecule has 1 unspecified atom stereocenters. The van der Waals surface area contributed by atoms with Gasteiger partial charge in [0.05, 0.1) is 12.7 Å². The molecule has 2 N–H and O–H groups in total. The van der Waals surface area contributed by atoms with E-state index in [0.29, 0.717) is 32.5 Å². The number of aliphatic hydroxyl groups excluding tert-OH is 2. The monoisotopic (exact) mass is 188 g/mol. The number of aldehydes is 1. The van der Waals surface area contributed by atoms with Crippen molar-refractivity contribution < 1.29 is 19.7 Å². The van der Waals surface area contributed by atoms with Gasteiger partial charge in [-0.05, 0) is 19.3 Å². The van der Waals surface area contributed by atoms with E-state index >= 15 is 0 Å². The first kappa shape index (κ1) is 10.6. The van der Waals surface area contributed by atoms with Crippen LogP contribution in [0.3, 0.4) is 0 Å². The quantitative estimate of drug-likeness (QED) is 0.596. The van der Waals surface area contributed by atoms with Crippen LogP contribution in [0.15, 0.2) is 0 Å². The molecule has 0 saturated carbocycles. The number of hydrogen-bond donors (Lipinski definition) is 2. The van der Waals surface area contributed by atoms with Crippen molar-refractivity contribution in [3.63, 3.8) is 0 Å². The van der Waals surface area contributed by atoms with Crippen molar-refractivity contribution in [1.29, 1.82) is 0 Å². The summed E-state index contributed by atoms with van der Waals surface area (Å²) in [4.78, 5) is 10.9. The van der Waals surface area contributed by atoms with Crippen LogP contribution in [-0.4, -0.2) is 42.4 Å². The lowest BCUT2D eigenvalue weighted by Gasteiger charge is -2.33. The van der Waals surface area contributed by atoms with Gasteiger partial charge in [0.25, 0.3) is 0 Å². The van der Waals surface area contributed by atoms with Crippen LogP contribution >= 0.6 is 0 Å². The number of aliphatic hydroxyl groups is 2. The molecule has 0 amide bonds. The number of rotatable bonds is 4. The second-order valence-corrected chi connectivity index (χ2v) is 3.63. The highest BCUT2D eigenvalue weighted by Gasteiger charge is 2.34. The minimum Gasteiger partial charge on any atom is -0.394 e. The fraction of sp³-hybridized carbons (Fsp3) is 0.889. The highest BCUT2D eigenvalue weighted by Crippen LogP contribution is 2.32. The summed E-state index contributed by atoms with van der Waals surface area (Å²) in [6, 6.07) is 0. The fourth-order valence-corrected chi connectivity index (χ4v) is 1.68. The van der Waals surface area contributed by atoms with Crippen molar-refractivity contribution in [1.82, 2.24) is 0 Å². The Hall–Kier alpha value is -0.450. The summed E-state index contributed by atoms with van der Waals surface area (Å²) in [6.07, 6.45) is 1.74. The van der Waals surface area contributed by atoms with Crippen LogP contribution in [0, 0.1) is 5.41 Å². The van der Waals surface area contributed by atoms with Crippen LogP contribution in [0.5, 0.6) is 0 Å². The van der Waals surface area contributed by atoms with Crippen molar-refractivity contribution in [2.24, 2.45) is 5.41 Å². The topological polar surface area (TPSA) is 66.8 Å². The van der Waals surface area contributed by atoms with Gasteiger partial charge >= 0.3 is 0 Å². The summed E-state index contributed by atoms with van der Waals surface area (Å²) in [5.41, 5.74) is -0.472. The molecule has 0 aromatic heterocycles. The summed E-state index contributed by atoms with van der Waals surface area (Å²) in [7, 11) is 0. The lowest BCUT2D eigenvalue weighted by atomic mass is 9.77. The lowest BCUT2D eigenvalue weighted by molar-refractivity contribution is -0.124. The predicted molar refractivity (Wildman–Crippen MR) is 46.3 cm³/mol. The maximum atomic E-state index is 10.9. The molecule has 1 aliphatic heterocycles. The Balaban J connectivity index is 2.52. The molecule has 1 heterocycles. The van der Waals surface area contributed by atoms with Crippen LogP contribution in [-0.2, 0) is 9.53 Å². The smallest absolute Gasteiger partial charge is 0.126 e. The van der Waals surface area contributed by atoms with E-state index in [-0.39, 0.29) is 6.61 Å². The Labute approximate surface area is 77.5 Å². The summed E-state index contributed by atoms with van der Waals surface area (Å²) >= 11 is 0. The maximum Gasteiger partial charge on any atom is 0.126 e. The van der Waals surface area contributed by atoms with Crippen LogP contribution in [0.1, 0.15) is 19.3 Å². The third-order valence-corrected chi connectivity index (χ3v) is 2.59. The van der Waals surface area contributed by atoms with E-state index < -0.39 is 11.5 Å². The van der Waals surface area contributed by atoms with E-state index in [0.717, 1.165) is 6.29 Å². The zero-order chi connectivity index (χ0) is 9.73. The largest absolute Gasteiger partial charge is 0.394 e. The minimum atomic E-state index is -0.789. The standard InChI is InChI=1S/C9H16O4/c10-6-8(12)5-9(7-11)1-3-13-4-2-9/h7-8,10,12H,1-6H2. The molecule has 1 aliphatic rings. The van der Waals surface area contributed by atoms with Gasteiger partial charge in [0, 0.05) is 18.6 Å². The molecule has 1 saturated heterocycles. The average Bonchev–Trinajstić information content (AvgIpc) is 2.19. The van der Waals surface area contributed by atoms with E-state index in [1.165, 1.54) is 0 Å². The molecule has 76 valence electrons. The Morgan fingerprint density at radius 1 is 1.46 bits per heavy atom. The zero-order valence-corrected chi connectivity index (χ0v) is 7.61. The van der Waals surface area contributed by atoms with Gasteiger partial charge in [0.15, 0.2) is 0 Å². The van der Waals surface area contributed by atoms with Crippen molar-refractivity contribution in [2.45, 2.75) is 25.4 Å². The lowest BCUT2D eigenvalue weighted by Crippen LogP contribution is -2.35. The molecule has 0 spiro atoms. The molecule has 4 heteroatoms. The fourth-order valence-electron chi connectivity index (χ4n) is 1.68. The van der Waals surface area contributed by atoms with E-state index in [1.807, 2.05) is 0 Å². The number of carbonyl (C=O) groups excluding carboxylic acids is 1. The van der Waals surface area contributed by atoms with Gasteiger partial charge in [-0.15, -0.1) is 0 Å². The van der Waals surface area contributed by atoms with Gasteiger partial charge in [0.1, 0.15) is 6.29 Å². The molecule has 0 bridgehead atoms. The first-order chi connectivity index (χ1) is 6.22. The van der Waals surface area contributed by atoms with Gasteiger partial charge < -0.3 is 19.7 Å². The molecular weight excluding hydrogens is 172 g/mol. The normalized spacial score (nSPS) is 23.8. The van der Waals surface area contributed by atoms with Gasteiger partial charge in [0.2, 0.25) is 0 Å². The molecule has 4 nitrogen and oxygen atoms in total. The first-order valence-electron chi connectivity index (χ1n) is 4.55. The highest BCUT2D eigenvalue weighted by atomic mass is 16.5. The van der Waals surface area contributed by atoms with Gasteiger partial charge in [-0.25, -0.2) is 0 Å². The van der Waals surface area contributed by atoms with Crippen LogP contribution in [0.4, 0.5) is 0 Å². The summed E-state index contributed by atoms with van der Waals surface area (Å²) in [5.74, 6) is 0. The second kappa shape index (κ2) is 4.69. The summed E-state index contributed by atoms with van der Waals surface area (Å²) in [6.45, 7) is 0.851. The van der Waals surface area contributed by atoms with Gasteiger partial charge in [-0.3, -0.25) is 0 Å². The Bertz CT molecular complexity index is 163. The number of carbonyl (C=O) groups is 1.